The van der Waals surface area contributed by atoms with Gasteiger partial charge in [-0.25, -0.2) is 9.59 Å². The van der Waals surface area contributed by atoms with E-state index in [0.717, 1.165) is 19.3 Å². The second-order valence-corrected chi connectivity index (χ2v) is 6.12. The molecule has 0 spiro atoms. The smallest absolute Gasteiger partial charge is 0.326 e. The van der Waals surface area contributed by atoms with Gasteiger partial charge in [0.05, 0.1) is 5.92 Å². The molecule has 0 aromatic carbocycles. The number of aliphatic carboxylic acids is 1. The summed E-state index contributed by atoms with van der Waals surface area (Å²) in [6.45, 7) is 1.01. The van der Waals surface area contributed by atoms with Gasteiger partial charge in [-0.3, -0.25) is 4.79 Å². The molecule has 0 radical (unpaired) electrons. The molecule has 2 N–H and O–H groups in total. The number of carboxylic acids is 1. The van der Waals surface area contributed by atoms with Gasteiger partial charge in [-0.2, -0.15) is 0 Å². The number of rotatable bonds is 4. The molecular weight excluding hydrogens is 274 g/mol. The summed E-state index contributed by atoms with van der Waals surface area (Å²) in [5, 5.41) is 11.8. The highest BCUT2D eigenvalue weighted by atomic mass is 16.4. The van der Waals surface area contributed by atoms with Gasteiger partial charge < -0.3 is 20.2 Å². The van der Waals surface area contributed by atoms with Crippen molar-refractivity contribution in [3.05, 3.63) is 0 Å². The third-order valence-electron chi connectivity index (χ3n) is 4.10. The monoisotopic (exact) mass is 297 g/mol. The van der Waals surface area contributed by atoms with Gasteiger partial charge in [0.1, 0.15) is 6.04 Å². The van der Waals surface area contributed by atoms with E-state index in [1.54, 1.807) is 19.0 Å². The summed E-state index contributed by atoms with van der Waals surface area (Å²) in [6, 6.07) is -0.887. The van der Waals surface area contributed by atoms with Gasteiger partial charge in [0, 0.05) is 27.2 Å². The number of nitrogens with zero attached hydrogens (tertiary/aromatic N) is 2. The van der Waals surface area contributed by atoms with E-state index >= 15 is 0 Å². The van der Waals surface area contributed by atoms with Crippen molar-refractivity contribution in [2.45, 2.75) is 31.7 Å². The topological polar surface area (TPSA) is 90.0 Å². The first-order valence-electron chi connectivity index (χ1n) is 7.39. The number of piperidine rings is 1. The predicted molar refractivity (Wildman–Crippen MR) is 75.7 cm³/mol. The maximum Gasteiger partial charge on any atom is 0.326 e. The first kappa shape index (κ1) is 15.6. The minimum Gasteiger partial charge on any atom is -0.480 e. The molecular formula is C14H23N3O4. The van der Waals surface area contributed by atoms with Crippen molar-refractivity contribution in [1.29, 1.82) is 0 Å². The molecule has 2 atom stereocenters. The molecule has 0 aromatic rings. The van der Waals surface area contributed by atoms with Crippen LogP contribution in [0, 0.1) is 11.8 Å². The maximum atomic E-state index is 12.3. The van der Waals surface area contributed by atoms with Crippen LogP contribution in [0.4, 0.5) is 4.79 Å². The summed E-state index contributed by atoms with van der Waals surface area (Å²) in [6.07, 6.45) is 3.17. The van der Waals surface area contributed by atoms with Gasteiger partial charge in [0.2, 0.25) is 5.91 Å². The Morgan fingerprint density at radius 2 is 1.90 bits per heavy atom. The lowest BCUT2D eigenvalue weighted by atomic mass is 9.96. The Morgan fingerprint density at radius 1 is 1.24 bits per heavy atom. The number of amides is 3. The maximum absolute atomic E-state index is 12.3. The number of carbonyl (C=O) groups is 3. The molecule has 2 unspecified atom stereocenters. The lowest BCUT2D eigenvalue weighted by molar-refractivity contribution is -0.143. The molecule has 21 heavy (non-hydrogen) atoms. The van der Waals surface area contributed by atoms with Gasteiger partial charge in [-0.1, -0.05) is 0 Å². The van der Waals surface area contributed by atoms with Gasteiger partial charge in [0.15, 0.2) is 0 Å². The molecule has 2 fully saturated rings. The van der Waals surface area contributed by atoms with Gasteiger partial charge in [-0.05, 0) is 31.6 Å². The Bertz CT molecular complexity index is 434. The minimum atomic E-state index is -0.970. The summed E-state index contributed by atoms with van der Waals surface area (Å²) in [5.41, 5.74) is 0. The largest absolute Gasteiger partial charge is 0.480 e. The number of urea groups is 1. The van der Waals surface area contributed by atoms with Gasteiger partial charge >= 0.3 is 12.0 Å². The zero-order chi connectivity index (χ0) is 15.6. The van der Waals surface area contributed by atoms with E-state index in [2.05, 4.69) is 5.32 Å². The van der Waals surface area contributed by atoms with Crippen molar-refractivity contribution in [2.24, 2.45) is 11.8 Å². The Hall–Kier alpha value is -1.79. The predicted octanol–water partition coefficient (Wildman–Crippen LogP) is 0.359. The third kappa shape index (κ3) is 3.86. The van der Waals surface area contributed by atoms with E-state index in [0.29, 0.717) is 19.5 Å². The Balaban J connectivity index is 1.92. The summed E-state index contributed by atoms with van der Waals surface area (Å²) in [4.78, 5) is 38.5. The summed E-state index contributed by atoms with van der Waals surface area (Å²) in [7, 11) is 3.36. The van der Waals surface area contributed by atoms with E-state index in [-0.39, 0.29) is 23.8 Å². The number of likely N-dealkylation sites (tertiary alicyclic amines) is 1. The standard InChI is InChI=1S/C14H23N3O4/c1-16(2)14(21)17-7-3-4-10(8-17)12(18)15-11(13(19)20)9-5-6-9/h9-11H,3-8H2,1-2H3,(H,15,18)(H,19,20). The van der Waals surface area contributed by atoms with Crippen molar-refractivity contribution in [3.8, 4) is 0 Å². The summed E-state index contributed by atoms with van der Waals surface area (Å²) in [5.74, 6) is -1.47. The molecule has 2 rings (SSSR count). The van der Waals surface area contributed by atoms with Crippen LogP contribution in [0.1, 0.15) is 25.7 Å². The van der Waals surface area contributed by atoms with Gasteiger partial charge in [0.25, 0.3) is 0 Å². The molecule has 0 bridgehead atoms. The van der Waals surface area contributed by atoms with E-state index in [1.807, 2.05) is 0 Å². The van der Waals surface area contributed by atoms with Crippen molar-refractivity contribution in [1.82, 2.24) is 15.1 Å². The first-order valence-corrected chi connectivity index (χ1v) is 7.39. The fourth-order valence-corrected chi connectivity index (χ4v) is 2.73. The zero-order valence-electron chi connectivity index (χ0n) is 12.5. The molecule has 3 amide bonds. The van der Waals surface area contributed by atoms with Crippen LogP contribution in [0.5, 0.6) is 0 Å². The third-order valence-corrected chi connectivity index (χ3v) is 4.10. The van der Waals surface area contributed by atoms with Crippen molar-refractivity contribution in [3.63, 3.8) is 0 Å². The summed E-state index contributed by atoms with van der Waals surface area (Å²) >= 11 is 0. The number of hydrogen-bond acceptors (Lipinski definition) is 3. The highest BCUT2D eigenvalue weighted by Gasteiger charge is 2.39. The SMILES string of the molecule is CN(C)C(=O)N1CCCC(C(=O)NC(C(=O)O)C2CC2)C1. The highest BCUT2D eigenvalue weighted by molar-refractivity contribution is 5.86. The van der Waals surface area contributed by atoms with Gasteiger partial charge in [-0.15, -0.1) is 0 Å². The average molecular weight is 297 g/mol. The molecule has 1 saturated carbocycles. The van der Waals surface area contributed by atoms with Crippen LogP contribution in [-0.2, 0) is 9.59 Å². The number of nitrogens with one attached hydrogen (secondary N) is 1. The highest BCUT2D eigenvalue weighted by Crippen LogP contribution is 2.33. The first-order chi connectivity index (χ1) is 9.90. The molecule has 7 heteroatoms. The molecule has 118 valence electrons. The molecule has 0 aromatic heterocycles. The fourth-order valence-electron chi connectivity index (χ4n) is 2.73. The van der Waals surface area contributed by atoms with E-state index < -0.39 is 12.0 Å². The zero-order valence-corrected chi connectivity index (χ0v) is 12.5. The normalized spacial score (nSPS) is 23.3. The molecule has 1 aliphatic heterocycles. The van der Waals surface area contributed by atoms with Crippen LogP contribution >= 0.6 is 0 Å². The molecule has 2 aliphatic rings. The van der Waals surface area contributed by atoms with Crippen LogP contribution in [-0.4, -0.2) is 66.0 Å². The summed E-state index contributed by atoms with van der Waals surface area (Å²) < 4.78 is 0. The lowest BCUT2D eigenvalue weighted by Crippen LogP contribution is -2.51. The quantitative estimate of drug-likeness (QED) is 0.784. The van der Waals surface area contributed by atoms with Crippen LogP contribution < -0.4 is 5.32 Å². The van der Waals surface area contributed by atoms with Crippen LogP contribution in [0.15, 0.2) is 0 Å². The van der Waals surface area contributed by atoms with Crippen LogP contribution in [0.2, 0.25) is 0 Å². The van der Waals surface area contributed by atoms with Crippen molar-refractivity contribution in [2.75, 3.05) is 27.2 Å². The fraction of sp³-hybridized carbons (Fsp3) is 0.786. The van der Waals surface area contributed by atoms with E-state index in [9.17, 15) is 14.4 Å². The average Bonchev–Trinajstić information content (AvgIpc) is 3.27. The number of carbonyl (C=O) groups excluding carboxylic acids is 2. The Morgan fingerprint density at radius 3 is 2.43 bits per heavy atom. The van der Waals surface area contributed by atoms with Crippen molar-refractivity contribution < 1.29 is 19.5 Å². The molecule has 1 heterocycles. The Kier molecular flexibility index (Phi) is 4.69. The van der Waals surface area contributed by atoms with Crippen molar-refractivity contribution >= 4 is 17.9 Å². The molecule has 7 nitrogen and oxygen atoms in total. The van der Waals surface area contributed by atoms with Crippen LogP contribution in [0.3, 0.4) is 0 Å². The van der Waals surface area contributed by atoms with Crippen LogP contribution in [0.25, 0.3) is 0 Å². The number of carboxylic acid groups (broad SMARTS) is 1. The van der Waals surface area contributed by atoms with E-state index in [1.165, 1.54) is 4.90 Å². The minimum absolute atomic E-state index is 0.0644. The Labute approximate surface area is 124 Å². The van der Waals surface area contributed by atoms with E-state index in [4.69, 9.17) is 5.11 Å². The number of hydrogen-bond donors (Lipinski definition) is 2. The second-order valence-electron chi connectivity index (χ2n) is 6.12. The molecule has 1 saturated heterocycles. The molecule has 1 aliphatic carbocycles. The lowest BCUT2D eigenvalue weighted by Gasteiger charge is -2.34. The second kappa shape index (κ2) is 6.32.